The van der Waals surface area contributed by atoms with Gasteiger partial charge in [0.2, 0.25) is 0 Å². The summed E-state index contributed by atoms with van der Waals surface area (Å²) in [6.45, 7) is 9.17. The Morgan fingerprint density at radius 1 is 1.30 bits per heavy atom. The van der Waals surface area contributed by atoms with E-state index < -0.39 is 0 Å². The molecule has 0 aliphatic carbocycles. The number of hydrogen-bond donors (Lipinski definition) is 0. The first-order chi connectivity index (χ1) is 4.59. The van der Waals surface area contributed by atoms with Crippen molar-refractivity contribution in [1.29, 1.82) is 0 Å². The summed E-state index contributed by atoms with van der Waals surface area (Å²) in [4.78, 5) is 0. The summed E-state index contributed by atoms with van der Waals surface area (Å²) in [7, 11) is 1.02. The summed E-state index contributed by atoms with van der Waals surface area (Å²) in [5, 5.41) is 1.18. The van der Waals surface area contributed by atoms with Crippen molar-refractivity contribution in [2.75, 3.05) is 6.61 Å². The third kappa shape index (κ3) is 3.06. The van der Waals surface area contributed by atoms with Crippen LogP contribution in [-0.4, -0.2) is 16.8 Å². The summed E-state index contributed by atoms with van der Waals surface area (Å²) in [5.74, 6) is 1.36. The third-order valence-electron chi connectivity index (χ3n) is 1.64. The molecule has 0 saturated heterocycles. The summed E-state index contributed by atoms with van der Waals surface area (Å²) >= 11 is 0. The van der Waals surface area contributed by atoms with Gasteiger partial charge in [-0.2, -0.15) is 0 Å². The Labute approximate surface area is 66.9 Å². The highest BCUT2D eigenvalue weighted by molar-refractivity contribution is 6.20. The van der Waals surface area contributed by atoms with Gasteiger partial charge in [0.15, 0.2) is 0 Å². The quantitative estimate of drug-likeness (QED) is 0.442. The molecule has 10 heavy (non-hydrogen) atoms. The summed E-state index contributed by atoms with van der Waals surface area (Å²) in [6, 6.07) is 0. The molecular weight excluding hydrogens is 140 g/mol. The maximum atomic E-state index is 5.39. The van der Waals surface area contributed by atoms with Gasteiger partial charge in [-0.3, -0.25) is 0 Å². The molecule has 0 rings (SSSR count). The highest BCUT2D eigenvalue weighted by Crippen LogP contribution is 2.14. The maximum Gasteiger partial charge on any atom is 0.0842 e. The van der Waals surface area contributed by atoms with Crippen LogP contribution in [0.5, 0.6) is 0 Å². The Balaban J connectivity index is 4.05. The van der Waals surface area contributed by atoms with Crippen LogP contribution in [0.25, 0.3) is 0 Å². The van der Waals surface area contributed by atoms with E-state index in [-0.39, 0.29) is 0 Å². The molecule has 1 radical (unpaired) electrons. The van der Waals surface area contributed by atoms with Crippen LogP contribution in [-0.2, 0) is 4.74 Å². The zero-order chi connectivity index (χ0) is 8.15. The fourth-order valence-corrected chi connectivity index (χ4v) is 1.47. The van der Waals surface area contributed by atoms with Crippen molar-refractivity contribution in [3.8, 4) is 0 Å². The highest BCUT2D eigenvalue weighted by atomic mass is 28.1. The molecular formula is C8H17OSi. The second-order valence-electron chi connectivity index (χ2n) is 2.61. The van der Waals surface area contributed by atoms with E-state index in [1.54, 1.807) is 0 Å². The Bertz CT molecular complexity index is 127. The van der Waals surface area contributed by atoms with E-state index in [1.165, 1.54) is 16.9 Å². The van der Waals surface area contributed by atoms with Crippen LogP contribution in [0.2, 0.25) is 0 Å². The van der Waals surface area contributed by atoms with Crippen molar-refractivity contribution in [3.63, 3.8) is 0 Å². The molecule has 0 bridgehead atoms. The molecule has 0 aromatic carbocycles. The molecule has 0 spiro atoms. The van der Waals surface area contributed by atoms with Crippen molar-refractivity contribution in [2.24, 2.45) is 0 Å². The molecule has 0 fully saturated rings. The lowest BCUT2D eigenvalue weighted by molar-refractivity contribution is 0.251. The van der Waals surface area contributed by atoms with Gasteiger partial charge >= 0.3 is 0 Å². The number of allylic oxidation sites excluding steroid dienone is 1. The summed E-state index contributed by atoms with van der Waals surface area (Å²) < 4.78 is 5.39. The van der Waals surface area contributed by atoms with Crippen LogP contribution < -0.4 is 0 Å². The molecule has 0 atom stereocenters. The first kappa shape index (κ1) is 9.76. The molecule has 0 N–H and O–H groups in total. The smallest absolute Gasteiger partial charge is 0.0842 e. The van der Waals surface area contributed by atoms with Gasteiger partial charge in [0.1, 0.15) is 0 Å². The minimum absolute atomic E-state index is 0.795. The van der Waals surface area contributed by atoms with Gasteiger partial charge < -0.3 is 4.74 Å². The van der Waals surface area contributed by atoms with Gasteiger partial charge in [-0.05, 0) is 25.3 Å². The minimum Gasteiger partial charge on any atom is -0.504 e. The molecule has 1 nitrogen and oxygen atoms in total. The van der Waals surface area contributed by atoms with Gasteiger partial charge in [-0.25, -0.2) is 0 Å². The number of rotatable bonds is 3. The molecule has 0 amide bonds. The van der Waals surface area contributed by atoms with E-state index >= 15 is 0 Å². The zero-order valence-corrected chi connectivity index (χ0v) is 9.62. The van der Waals surface area contributed by atoms with E-state index in [2.05, 4.69) is 20.8 Å². The Kier molecular flexibility index (Phi) is 4.44. The fourth-order valence-electron chi connectivity index (χ4n) is 0.677. The van der Waals surface area contributed by atoms with E-state index in [0.29, 0.717) is 0 Å². The monoisotopic (exact) mass is 157 g/mol. The zero-order valence-electron chi connectivity index (χ0n) is 7.62. The molecule has 0 aromatic rings. The van der Waals surface area contributed by atoms with Crippen molar-refractivity contribution >= 4 is 10.2 Å². The van der Waals surface area contributed by atoms with Crippen molar-refractivity contribution in [1.82, 2.24) is 0 Å². The molecule has 0 heterocycles. The molecule has 0 aliphatic rings. The standard InChI is InChI=1S/C8H17OSi/c1-5-9-8(10)7(4)6(2)3/h5H2,1-4,10H3/b8-7+. The topological polar surface area (TPSA) is 9.23 Å². The Morgan fingerprint density at radius 2 is 1.80 bits per heavy atom. The van der Waals surface area contributed by atoms with E-state index in [4.69, 9.17) is 4.74 Å². The van der Waals surface area contributed by atoms with Gasteiger partial charge in [-0.1, -0.05) is 13.8 Å². The molecule has 2 heteroatoms. The predicted octanol–water partition coefficient (Wildman–Crippen LogP) is 1.23. The first-order valence-electron chi connectivity index (χ1n) is 3.70. The average Bonchev–Trinajstić information content (AvgIpc) is 1.87. The first-order valence-corrected chi connectivity index (χ1v) is 4.70. The van der Waals surface area contributed by atoms with E-state index in [1.807, 2.05) is 6.92 Å². The van der Waals surface area contributed by atoms with Crippen LogP contribution >= 0.6 is 0 Å². The Morgan fingerprint density at radius 3 is 2.10 bits per heavy atom. The van der Waals surface area contributed by atoms with Gasteiger partial charge in [0.05, 0.1) is 22.2 Å². The van der Waals surface area contributed by atoms with E-state index in [0.717, 1.165) is 16.8 Å². The molecule has 0 aromatic heterocycles. The number of ether oxygens (including phenoxy) is 1. The van der Waals surface area contributed by atoms with Crippen LogP contribution in [0.1, 0.15) is 27.7 Å². The SMILES string of the molecule is CCO/C([SiH3])=C(/C)[C](C)C. The minimum atomic E-state index is 0.795. The lowest BCUT2D eigenvalue weighted by Gasteiger charge is -2.10. The molecule has 59 valence electrons. The van der Waals surface area contributed by atoms with Gasteiger partial charge in [0.25, 0.3) is 0 Å². The number of hydrogen-bond acceptors (Lipinski definition) is 1. The average molecular weight is 157 g/mol. The maximum absolute atomic E-state index is 5.39. The summed E-state index contributed by atoms with van der Waals surface area (Å²) in [5.41, 5.74) is 1.33. The molecule has 0 aliphatic heterocycles. The van der Waals surface area contributed by atoms with Crippen LogP contribution in [0.4, 0.5) is 0 Å². The second-order valence-corrected chi connectivity index (χ2v) is 3.52. The third-order valence-corrected chi connectivity index (χ3v) is 2.68. The van der Waals surface area contributed by atoms with Crippen LogP contribution in [0.3, 0.4) is 0 Å². The highest BCUT2D eigenvalue weighted by Gasteiger charge is 2.01. The van der Waals surface area contributed by atoms with E-state index in [9.17, 15) is 0 Å². The van der Waals surface area contributed by atoms with Gasteiger partial charge in [0, 0.05) is 0 Å². The van der Waals surface area contributed by atoms with Crippen molar-refractivity contribution in [2.45, 2.75) is 27.7 Å². The molecule has 0 unspecified atom stereocenters. The summed E-state index contributed by atoms with van der Waals surface area (Å²) in [6.07, 6.45) is 0. The fraction of sp³-hybridized carbons (Fsp3) is 0.625. The second kappa shape index (κ2) is 4.55. The lowest BCUT2D eigenvalue weighted by atomic mass is 10.1. The molecule has 0 saturated carbocycles. The van der Waals surface area contributed by atoms with Crippen molar-refractivity contribution in [3.05, 3.63) is 16.9 Å². The van der Waals surface area contributed by atoms with Crippen molar-refractivity contribution < 1.29 is 4.74 Å². The Hall–Kier alpha value is -0.243. The largest absolute Gasteiger partial charge is 0.504 e. The van der Waals surface area contributed by atoms with Gasteiger partial charge in [-0.15, -0.1) is 0 Å². The normalized spacial score (nSPS) is 13.7. The lowest BCUT2D eigenvalue weighted by Crippen LogP contribution is -1.98. The predicted molar refractivity (Wildman–Crippen MR) is 48.9 cm³/mol. The van der Waals surface area contributed by atoms with Crippen LogP contribution in [0.15, 0.2) is 11.0 Å². The van der Waals surface area contributed by atoms with Crippen LogP contribution in [0, 0.1) is 5.92 Å².